The molecule has 1 unspecified atom stereocenters. The molecule has 7 heteroatoms. The second-order valence-corrected chi connectivity index (χ2v) is 8.41. The van der Waals surface area contributed by atoms with Crippen LogP contribution in [0.3, 0.4) is 0 Å². The fourth-order valence-corrected chi connectivity index (χ4v) is 4.94. The zero-order valence-electron chi connectivity index (χ0n) is 17.0. The number of methoxy groups -OCH3 is 1. The number of fused-ring (bicyclic) bond motifs is 1. The maximum absolute atomic E-state index is 13.1. The van der Waals surface area contributed by atoms with Crippen molar-refractivity contribution >= 4 is 18.5 Å². The molecule has 1 fully saturated rings. The summed E-state index contributed by atoms with van der Waals surface area (Å²) in [6, 6.07) is 7.35. The summed E-state index contributed by atoms with van der Waals surface area (Å²) in [5.41, 5.74) is 7.95. The lowest BCUT2D eigenvalue weighted by Crippen LogP contribution is -2.52. The van der Waals surface area contributed by atoms with Crippen LogP contribution in [0, 0.1) is 5.92 Å². The highest BCUT2D eigenvalue weighted by molar-refractivity contribution is 7.80. The maximum atomic E-state index is 13.1. The average Bonchev–Trinajstić information content (AvgIpc) is 3.22. The Labute approximate surface area is 177 Å². The van der Waals surface area contributed by atoms with Crippen LogP contribution in [0.15, 0.2) is 30.5 Å². The van der Waals surface area contributed by atoms with Crippen LogP contribution >= 0.6 is 12.6 Å². The second-order valence-electron chi connectivity index (χ2n) is 8.04. The van der Waals surface area contributed by atoms with Gasteiger partial charge in [0, 0.05) is 30.6 Å². The van der Waals surface area contributed by atoms with Gasteiger partial charge in [-0.2, -0.15) is 12.6 Å². The van der Waals surface area contributed by atoms with Crippen molar-refractivity contribution in [2.45, 2.75) is 50.7 Å². The molecule has 2 aromatic rings. The van der Waals surface area contributed by atoms with Crippen molar-refractivity contribution in [2.75, 3.05) is 19.4 Å². The number of para-hydroxylation sites is 1. The van der Waals surface area contributed by atoms with E-state index < -0.39 is 6.04 Å². The molecule has 0 bridgehead atoms. The monoisotopic (exact) mass is 414 g/mol. The number of rotatable bonds is 5. The van der Waals surface area contributed by atoms with Gasteiger partial charge in [-0.05, 0) is 30.9 Å². The Hall–Kier alpha value is -1.99. The number of benzene rings is 1. The van der Waals surface area contributed by atoms with Gasteiger partial charge in [0.15, 0.2) is 0 Å². The van der Waals surface area contributed by atoms with E-state index in [9.17, 15) is 4.79 Å². The number of carbonyl (C=O) groups excluding carboxylic acids is 1. The van der Waals surface area contributed by atoms with Gasteiger partial charge in [0.2, 0.25) is 5.91 Å². The van der Waals surface area contributed by atoms with Gasteiger partial charge in [0.1, 0.15) is 11.6 Å². The zero-order valence-corrected chi connectivity index (χ0v) is 17.9. The number of hydrogen-bond acceptors (Lipinski definition) is 5. The summed E-state index contributed by atoms with van der Waals surface area (Å²) in [5, 5.41) is 0. The largest absolute Gasteiger partial charge is 0.496 e. The first-order chi connectivity index (χ1) is 14.1. The average molecular weight is 415 g/mol. The molecule has 1 aromatic heterocycles. The molecule has 1 saturated carbocycles. The van der Waals surface area contributed by atoms with E-state index in [1.165, 1.54) is 19.3 Å². The van der Waals surface area contributed by atoms with Crippen LogP contribution in [0.1, 0.15) is 44.0 Å². The Kier molecular flexibility index (Phi) is 6.15. The first-order valence-corrected chi connectivity index (χ1v) is 11.1. The molecule has 29 heavy (non-hydrogen) atoms. The molecule has 0 saturated heterocycles. The minimum Gasteiger partial charge on any atom is -0.496 e. The molecule has 2 N–H and O–H groups in total. The van der Waals surface area contributed by atoms with E-state index in [4.69, 9.17) is 15.5 Å². The van der Waals surface area contributed by atoms with E-state index in [0.29, 0.717) is 18.2 Å². The highest BCUT2D eigenvalue weighted by atomic mass is 32.1. The highest BCUT2D eigenvalue weighted by Crippen LogP contribution is 2.41. The van der Waals surface area contributed by atoms with E-state index >= 15 is 0 Å². The predicted octanol–water partition coefficient (Wildman–Crippen LogP) is 3.28. The molecule has 2 atom stereocenters. The van der Waals surface area contributed by atoms with E-state index in [1.54, 1.807) is 7.11 Å². The van der Waals surface area contributed by atoms with Crippen molar-refractivity contribution in [3.8, 4) is 17.0 Å². The molecule has 2 aliphatic rings. The number of imidazole rings is 1. The van der Waals surface area contributed by atoms with Gasteiger partial charge in [-0.25, -0.2) is 4.98 Å². The third-order valence-electron chi connectivity index (χ3n) is 6.27. The van der Waals surface area contributed by atoms with Gasteiger partial charge >= 0.3 is 0 Å². The molecule has 1 aliphatic carbocycles. The SMILES string of the molecule is COc1ccccc1-c1cn2c(n1)C(C1CCCCC1)N(C(=O)[C@@H](N)CS)CC2. The summed E-state index contributed by atoms with van der Waals surface area (Å²) in [7, 11) is 1.68. The third-order valence-corrected chi connectivity index (χ3v) is 6.66. The van der Waals surface area contributed by atoms with Gasteiger partial charge in [-0.3, -0.25) is 4.79 Å². The summed E-state index contributed by atoms with van der Waals surface area (Å²) in [6.45, 7) is 1.39. The number of carbonyl (C=O) groups is 1. The van der Waals surface area contributed by atoms with E-state index in [-0.39, 0.29) is 11.9 Å². The lowest BCUT2D eigenvalue weighted by Gasteiger charge is -2.42. The van der Waals surface area contributed by atoms with Gasteiger partial charge in [0.05, 0.1) is 24.9 Å². The Morgan fingerprint density at radius 1 is 1.28 bits per heavy atom. The minimum atomic E-state index is -0.570. The Balaban J connectivity index is 1.74. The number of amides is 1. The fraction of sp³-hybridized carbons (Fsp3) is 0.545. The normalized spacial score (nSPS) is 20.9. The van der Waals surface area contributed by atoms with Gasteiger partial charge in [0.25, 0.3) is 0 Å². The first kappa shape index (κ1) is 20.3. The van der Waals surface area contributed by atoms with Crippen molar-refractivity contribution in [2.24, 2.45) is 11.7 Å². The number of thiol groups is 1. The number of nitrogens with two attached hydrogens (primary N) is 1. The number of hydrogen-bond donors (Lipinski definition) is 2. The van der Waals surface area contributed by atoms with Crippen LogP contribution in [0.4, 0.5) is 0 Å². The van der Waals surface area contributed by atoms with Gasteiger partial charge in [-0.1, -0.05) is 31.4 Å². The summed E-state index contributed by atoms with van der Waals surface area (Å²) in [5.74, 6) is 2.55. The summed E-state index contributed by atoms with van der Waals surface area (Å²) in [6.07, 6.45) is 8.05. The van der Waals surface area contributed by atoms with Crippen molar-refractivity contribution in [1.82, 2.24) is 14.5 Å². The number of ether oxygens (including phenoxy) is 1. The Morgan fingerprint density at radius 3 is 2.76 bits per heavy atom. The molecule has 0 radical (unpaired) electrons. The first-order valence-electron chi connectivity index (χ1n) is 10.5. The molecule has 6 nitrogen and oxygen atoms in total. The smallest absolute Gasteiger partial charge is 0.241 e. The van der Waals surface area contributed by atoms with Crippen molar-refractivity contribution < 1.29 is 9.53 Å². The zero-order chi connectivity index (χ0) is 20.4. The standard InChI is InChI=1S/C22H30N4O2S/c1-28-19-10-6-5-9-16(19)18-13-25-11-12-26(22(27)17(23)14-29)20(21(25)24-18)15-7-3-2-4-8-15/h5-6,9-10,13,15,17,20,29H,2-4,7-8,11-12,14,23H2,1H3/t17-,20?/m0/s1. The van der Waals surface area contributed by atoms with Crippen LogP contribution in [-0.4, -0.2) is 45.8 Å². The fourth-order valence-electron chi connectivity index (χ4n) is 4.78. The second kappa shape index (κ2) is 8.79. The van der Waals surface area contributed by atoms with Crippen LogP contribution in [0.2, 0.25) is 0 Å². The maximum Gasteiger partial charge on any atom is 0.241 e. The molecule has 1 aliphatic heterocycles. The third kappa shape index (κ3) is 3.90. The quantitative estimate of drug-likeness (QED) is 0.737. The summed E-state index contributed by atoms with van der Waals surface area (Å²) >= 11 is 4.25. The summed E-state index contributed by atoms with van der Waals surface area (Å²) in [4.78, 5) is 20.1. The van der Waals surface area contributed by atoms with Gasteiger partial charge in [-0.15, -0.1) is 0 Å². The lowest BCUT2D eigenvalue weighted by molar-refractivity contribution is -0.137. The van der Waals surface area contributed by atoms with Crippen LogP contribution in [0.5, 0.6) is 5.75 Å². The van der Waals surface area contributed by atoms with Gasteiger partial charge < -0.3 is 19.9 Å². The van der Waals surface area contributed by atoms with Crippen LogP contribution in [-0.2, 0) is 11.3 Å². The van der Waals surface area contributed by atoms with Crippen LogP contribution < -0.4 is 10.5 Å². The molecule has 0 spiro atoms. The summed E-state index contributed by atoms with van der Waals surface area (Å²) < 4.78 is 7.76. The molecular weight excluding hydrogens is 384 g/mol. The molecular formula is C22H30N4O2S. The number of aromatic nitrogens is 2. The molecule has 1 aromatic carbocycles. The molecule has 2 heterocycles. The molecule has 156 valence electrons. The topological polar surface area (TPSA) is 73.4 Å². The Bertz CT molecular complexity index is 862. The highest BCUT2D eigenvalue weighted by Gasteiger charge is 2.40. The minimum absolute atomic E-state index is 0.0105. The van der Waals surface area contributed by atoms with E-state index in [1.807, 2.05) is 29.2 Å². The molecule has 1 amide bonds. The van der Waals surface area contributed by atoms with E-state index in [0.717, 1.165) is 42.2 Å². The van der Waals surface area contributed by atoms with Crippen molar-refractivity contribution in [3.05, 3.63) is 36.3 Å². The lowest BCUT2D eigenvalue weighted by atomic mass is 9.82. The van der Waals surface area contributed by atoms with Crippen molar-refractivity contribution in [1.29, 1.82) is 0 Å². The van der Waals surface area contributed by atoms with Crippen molar-refractivity contribution in [3.63, 3.8) is 0 Å². The number of nitrogens with zero attached hydrogens (tertiary/aromatic N) is 3. The molecule has 4 rings (SSSR count). The Morgan fingerprint density at radius 2 is 2.03 bits per heavy atom. The predicted molar refractivity (Wildman–Crippen MR) is 117 cm³/mol. The van der Waals surface area contributed by atoms with E-state index in [2.05, 4.69) is 23.4 Å². The van der Waals surface area contributed by atoms with Crippen LogP contribution in [0.25, 0.3) is 11.3 Å².